The summed E-state index contributed by atoms with van der Waals surface area (Å²) in [4.78, 5) is 25.6. The smallest absolute Gasteiger partial charge is 0.271 e. The number of aliphatic hydroxyl groups is 1. The molecule has 2 amide bonds. The number of carbonyl (C=O) groups is 2. The molecule has 3 N–H and O–H groups in total. The van der Waals surface area contributed by atoms with Crippen molar-refractivity contribution in [1.82, 2.24) is 25.6 Å². The zero-order valence-electron chi connectivity index (χ0n) is 37.3. The van der Waals surface area contributed by atoms with Crippen molar-refractivity contribution in [2.24, 2.45) is 0 Å². The molecule has 2 fully saturated rings. The lowest BCUT2D eigenvalue weighted by Gasteiger charge is -2.44. The molecule has 0 bridgehead atoms. The van der Waals surface area contributed by atoms with Gasteiger partial charge in [-0.05, 0) is 102 Å². The standard InChI is InChI=1S/C50H66Cl3N5O5/c1-4-5-6-7-8-9-10-11-12-13-14-15-16-17-18-22-45(59)54-27-28-55-49(60)43-30-44(58(56-43)34(2)3)36-31-50(61,32-36)39-26-25-37(29-42(39)53)62-33-38-47(57-63-48(38)35-23-24-35)46-40(51)20-19-21-41(46)52/h11-12,19-21,25-26,29-30,34-36,61H,4-10,13-18,22-24,27-28,31-33H2,1-3H3,(H,54,59)(H,55,60)/b12-11-. The molecular weight excluding hydrogens is 857 g/mol. The van der Waals surface area contributed by atoms with E-state index in [1.54, 1.807) is 30.3 Å². The van der Waals surface area contributed by atoms with Gasteiger partial charge in [-0.15, -0.1) is 0 Å². The molecule has 0 radical (unpaired) electrons. The summed E-state index contributed by atoms with van der Waals surface area (Å²) in [7, 11) is 0. The second-order valence-electron chi connectivity index (χ2n) is 17.7. The van der Waals surface area contributed by atoms with Gasteiger partial charge in [0.15, 0.2) is 0 Å². The van der Waals surface area contributed by atoms with Crippen molar-refractivity contribution in [3.05, 3.63) is 98.0 Å². The lowest BCUT2D eigenvalue weighted by atomic mass is 9.66. The molecule has 4 aromatic rings. The Hall–Kier alpha value is -3.83. The highest BCUT2D eigenvalue weighted by Gasteiger charge is 2.47. The predicted molar refractivity (Wildman–Crippen MR) is 253 cm³/mol. The van der Waals surface area contributed by atoms with E-state index in [9.17, 15) is 14.7 Å². The van der Waals surface area contributed by atoms with Gasteiger partial charge in [-0.3, -0.25) is 14.3 Å². The van der Waals surface area contributed by atoms with E-state index in [-0.39, 0.29) is 36.3 Å². The van der Waals surface area contributed by atoms with Crippen LogP contribution < -0.4 is 15.4 Å². The summed E-state index contributed by atoms with van der Waals surface area (Å²) < 4.78 is 13.9. The summed E-state index contributed by atoms with van der Waals surface area (Å²) in [6.07, 6.45) is 23.9. The van der Waals surface area contributed by atoms with Crippen LogP contribution in [0.5, 0.6) is 5.75 Å². The summed E-state index contributed by atoms with van der Waals surface area (Å²) in [6, 6.07) is 12.5. The summed E-state index contributed by atoms with van der Waals surface area (Å²) in [5.74, 6) is 1.28. The van der Waals surface area contributed by atoms with E-state index in [1.165, 1.54) is 57.8 Å². The highest BCUT2D eigenvalue weighted by molar-refractivity contribution is 6.39. The first-order chi connectivity index (χ1) is 30.5. The number of nitrogens with one attached hydrogen (secondary N) is 2. The van der Waals surface area contributed by atoms with E-state index in [2.05, 4.69) is 40.0 Å². The number of amides is 2. The summed E-state index contributed by atoms with van der Waals surface area (Å²) in [6.45, 7) is 7.13. The minimum absolute atomic E-state index is 0.00594. The van der Waals surface area contributed by atoms with E-state index < -0.39 is 5.60 Å². The molecule has 2 aliphatic carbocycles. The molecule has 2 aliphatic rings. The van der Waals surface area contributed by atoms with Crippen molar-refractivity contribution in [3.63, 3.8) is 0 Å². The summed E-state index contributed by atoms with van der Waals surface area (Å²) in [5.41, 5.74) is 2.64. The Labute approximate surface area is 388 Å². The third-order valence-electron chi connectivity index (χ3n) is 12.3. The number of rotatable bonds is 27. The Balaban J connectivity index is 0.908. The molecule has 0 atom stereocenters. The number of ether oxygens (including phenoxy) is 1. The van der Waals surface area contributed by atoms with E-state index in [4.69, 9.17) is 44.1 Å². The van der Waals surface area contributed by atoms with Crippen LogP contribution in [0.15, 0.2) is 59.1 Å². The third-order valence-corrected chi connectivity index (χ3v) is 13.2. The Morgan fingerprint density at radius 2 is 1.52 bits per heavy atom. The second-order valence-corrected chi connectivity index (χ2v) is 19.0. The summed E-state index contributed by atoms with van der Waals surface area (Å²) in [5, 5.41) is 27.9. The van der Waals surface area contributed by atoms with Gasteiger partial charge in [0.05, 0.1) is 26.2 Å². The minimum atomic E-state index is -1.15. The fraction of sp³-hybridized carbons (Fsp3) is 0.560. The fourth-order valence-electron chi connectivity index (χ4n) is 8.50. The molecule has 10 nitrogen and oxygen atoms in total. The topological polar surface area (TPSA) is 132 Å². The van der Waals surface area contributed by atoms with E-state index in [0.717, 1.165) is 55.5 Å². The molecule has 0 unspecified atom stereocenters. The van der Waals surface area contributed by atoms with Gasteiger partial charge in [-0.2, -0.15) is 5.10 Å². The quantitative estimate of drug-likeness (QED) is 0.0401. The average molecular weight is 923 g/mol. The van der Waals surface area contributed by atoms with Gasteiger partial charge in [-0.1, -0.05) is 123 Å². The molecule has 6 rings (SSSR count). The molecule has 13 heteroatoms. The molecule has 2 aromatic carbocycles. The Bertz CT molecular complexity index is 2120. The monoisotopic (exact) mass is 921 g/mol. The zero-order valence-corrected chi connectivity index (χ0v) is 39.6. The average Bonchev–Trinajstić information content (AvgIpc) is 3.85. The molecular formula is C50H66Cl3N5O5. The van der Waals surface area contributed by atoms with Crippen molar-refractivity contribution >= 4 is 46.6 Å². The van der Waals surface area contributed by atoms with Crippen LogP contribution in [-0.4, -0.2) is 44.9 Å². The molecule has 0 aliphatic heterocycles. The molecule has 342 valence electrons. The molecule has 2 saturated carbocycles. The van der Waals surface area contributed by atoms with E-state index >= 15 is 0 Å². The van der Waals surface area contributed by atoms with Gasteiger partial charge in [-0.25, -0.2) is 0 Å². The fourth-order valence-corrected chi connectivity index (χ4v) is 9.43. The van der Waals surface area contributed by atoms with Gasteiger partial charge in [0.1, 0.15) is 29.5 Å². The lowest BCUT2D eigenvalue weighted by Crippen LogP contribution is -2.41. The van der Waals surface area contributed by atoms with Gasteiger partial charge in [0, 0.05) is 54.2 Å². The maximum Gasteiger partial charge on any atom is 0.271 e. The number of halogens is 3. The van der Waals surface area contributed by atoms with Crippen LogP contribution in [0.3, 0.4) is 0 Å². The molecule has 63 heavy (non-hydrogen) atoms. The Kier molecular flexibility index (Phi) is 18.5. The van der Waals surface area contributed by atoms with Crippen LogP contribution in [0.2, 0.25) is 15.1 Å². The van der Waals surface area contributed by atoms with Gasteiger partial charge in [0.25, 0.3) is 5.91 Å². The molecule has 0 saturated heterocycles. The first-order valence-electron chi connectivity index (χ1n) is 23.4. The van der Waals surface area contributed by atoms with E-state index in [1.807, 2.05) is 30.7 Å². The first kappa shape index (κ1) is 48.6. The summed E-state index contributed by atoms with van der Waals surface area (Å²) >= 11 is 19.9. The number of nitrogens with zero attached hydrogens (tertiary/aromatic N) is 3. The predicted octanol–water partition coefficient (Wildman–Crippen LogP) is 13.2. The number of hydrogen-bond donors (Lipinski definition) is 3. The van der Waals surface area contributed by atoms with Crippen molar-refractivity contribution in [1.29, 1.82) is 0 Å². The number of unbranched alkanes of at least 4 members (excludes halogenated alkanes) is 11. The number of benzene rings is 2. The number of carbonyl (C=O) groups excluding carboxylic acids is 2. The van der Waals surface area contributed by atoms with Crippen LogP contribution in [0.4, 0.5) is 0 Å². The SMILES string of the molecule is CCCCCCCC/C=C\CCCCCCCC(=O)NCCNC(=O)c1cc(C2CC(O)(c3ccc(OCc4c(-c5c(Cl)cccc5Cl)noc4C4CC4)cc3Cl)C2)n(C(C)C)n1. The maximum atomic E-state index is 13.2. The van der Waals surface area contributed by atoms with Crippen molar-refractivity contribution in [2.75, 3.05) is 13.1 Å². The third kappa shape index (κ3) is 13.6. The van der Waals surface area contributed by atoms with Crippen LogP contribution in [0.1, 0.15) is 187 Å². The Morgan fingerprint density at radius 1 is 0.873 bits per heavy atom. The van der Waals surface area contributed by atoms with Gasteiger partial charge >= 0.3 is 0 Å². The highest BCUT2D eigenvalue weighted by atomic mass is 35.5. The van der Waals surface area contributed by atoms with Gasteiger partial charge < -0.3 is 25.0 Å². The van der Waals surface area contributed by atoms with Crippen LogP contribution in [-0.2, 0) is 17.0 Å². The van der Waals surface area contributed by atoms with Crippen LogP contribution in [0, 0.1) is 0 Å². The second kappa shape index (κ2) is 23.9. The van der Waals surface area contributed by atoms with Crippen molar-refractivity contribution in [2.45, 2.75) is 166 Å². The molecule has 0 spiro atoms. The van der Waals surface area contributed by atoms with Crippen molar-refractivity contribution in [3.8, 4) is 17.0 Å². The van der Waals surface area contributed by atoms with Gasteiger partial charge in [0.2, 0.25) is 5.91 Å². The van der Waals surface area contributed by atoms with E-state index in [0.29, 0.717) is 75.7 Å². The number of aromatic nitrogens is 3. The first-order valence-corrected chi connectivity index (χ1v) is 24.5. The molecule has 2 aromatic heterocycles. The Morgan fingerprint density at radius 3 is 2.17 bits per heavy atom. The normalized spacial score (nSPS) is 17.4. The number of allylic oxidation sites excluding steroid dienone is 2. The zero-order chi connectivity index (χ0) is 44.8. The lowest BCUT2D eigenvalue weighted by molar-refractivity contribution is -0.121. The minimum Gasteiger partial charge on any atom is -0.489 e. The highest BCUT2D eigenvalue weighted by Crippen LogP contribution is 2.53. The van der Waals surface area contributed by atoms with Crippen molar-refractivity contribution < 1.29 is 24.0 Å². The number of hydrogen-bond acceptors (Lipinski definition) is 7. The largest absolute Gasteiger partial charge is 0.489 e. The molecule has 2 heterocycles. The van der Waals surface area contributed by atoms with Crippen LogP contribution >= 0.6 is 34.8 Å². The van der Waals surface area contributed by atoms with Crippen LogP contribution in [0.25, 0.3) is 11.3 Å². The maximum absolute atomic E-state index is 13.2.